The molecule has 112 valence electrons. The molecule has 4 nitrogen and oxygen atoms in total. The van der Waals surface area contributed by atoms with Gasteiger partial charge in [-0.25, -0.2) is 8.42 Å². The van der Waals surface area contributed by atoms with Crippen molar-refractivity contribution in [3.05, 3.63) is 29.3 Å². The highest BCUT2D eigenvalue weighted by Crippen LogP contribution is 2.37. The quantitative estimate of drug-likeness (QED) is 0.796. The van der Waals surface area contributed by atoms with Crippen molar-refractivity contribution in [2.24, 2.45) is 5.92 Å². The fourth-order valence-electron chi connectivity index (χ4n) is 2.76. The molecule has 1 unspecified atom stereocenters. The summed E-state index contributed by atoms with van der Waals surface area (Å²) in [6.45, 7) is 0.644. The molecular formula is C14H17BClNO3S. The summed E-state index contributed by atoms with van der Waals surface area (Å²) < 4.78 is 32.6. The van der Waals surface area contributed by atoms with Gasteiger partial charge < -0.3 is 4.74 Å². The van der Waals surface area contributed by atoms with Crippen LogP contribution in [0.15, 0.2) is 29.2 Å². The zero-order valence-corrected chi connectivity index (χ0v) is 13.2. The van der Waals surface area contributed by atoms with E-state index in [0.29, 0.717) is 17.5 Å². The van der Waals surface area contributed by atoms with Gasteiger partial charge in [-0.1, -0.05) is 24.4 Å². The maximum absolute atomic E-state index is 12.9. The van der Waals surface area contributed by atoms with Crippen LogP contribution in [0.1, 0.15) is 19.3 Å². The third kappa shape index (κ3) is 3.28. The Balaban J connectivity index is 1.90. The number of hydrogen-bond donors (Lipinski definition) is 0. The standard InChI is InChI=1S/C14H17BClNO3S/c15-14-9-20-8-12(7-10-1-2-10)17(14)21(18,19)13-5-3-11(16)4-6-13/h3-6,10,12,14H,1-2,7-9H2/t12-,14?/m1/s1. The Hall–Kier alpha value is -0.555. The predicted octanol–water partition coefficient (Wildman–Crippen LogP) is 2.02. The molecule has 1 aromatic carbocycles. The van der Waals surface area contributed by atoms with Crippen LogP contribution in [0.2, 0.25) is 5.02 Å². The maximum Gasteiger partial charge on any atom is 0.243 e. The number of nitrogens with zero attached hydrogens (tertiary/aromatic N) is 1. The molecule has 3 rings (SSSR count). The number of morpholine rings is 1. The zero-order chi connectivity index (χ0) is 15.0. The summed E-state index contributed by atoms with van der Waals surface area (Å²) in [4.78, 5) is 0.227. The lowest BCUT2D eigenvalue weighted by Crippen LogP contribution is -2.55. The van der Waals surface area contributed by atoms with Gasteiger partial charge in [-0.3, -0.25) is 0 Å². The van der Waals surface area contributed by atoms with Crippen molar-refractivity contribution >= 4 is 29.5 Å². The van der Waals surface area contributed by atoms with Crippen molar-refractivity contribution in [1.82, 2.24) is 4.31 Å². The minimum Gasteiger partial charge on any atom is -0.379 e. The Morgan fingerprint density at radius 2 is 1.90 bits per heavy atom. The average molecular weight is 326 g/mol. The van der Waals surface area contributed by atoms with Crippen LogP contribution in [0, 0.1) is 5.92 Å². The molecule has 1 heterocycles. The highest BCUT2D eigenvalue weighted by atomic mass is 35.5. The van der Waals surface area contributed by atoms with E-state index in [1.54, 1.807) is 12.1 Å². The van der Waals surface area contributed by atoms with Crippen LogP contribution in [0.25, 0.3) is 0 Å². The molecule has 1 saturated heterocycles. The van der Waals surface area contributed by atoms with Gasteiger partial charge >= 0.3 is 0 Å². The van der Waals surface area contributed by atoms with Crippen molar-refractivity contribution in [3.8, 4) is 0 Å². The third-order valence-electron chi connectivity index (χ3n) is 3.98. The van der Waals surface area contributed by atoms with E-state index in [1.807, 2.05) is 0 Å². The van der Waals surface area contributed by atoms with Gasteiger partial charge in [-0.15, -0.1) is 0 Å². The van der Waals surface area contributed by atoms with E-state index in [-0.39, 0.29) is 17.5 Å². The van der Waals surface area contributed by atoms with E-state index in [0.717, 1.165) is 6.42 Å². The molecule has 2 atom stereocenters. The van der Waals surface area contributed by atoms with Gasteiger partial charge in [0.1, 0.15) is 0 Å². The van der Waals surface area contributed by atoms with Crippen molar-refractivity contribution in [2.75, 3.05) is 13.2 Å². The molecule has 1 aromatic rings. The topological polar surface area (TPSA) is 46.6 Å². The number of halogens is 1. The summed E-state index contributed by atoms with van der Waals surface area (Å²) in [6, 6.07) is 6.02. The molecular weight excluding hydrogens is 308 g/mol. The molecule has 0 aromatic heterocycles. The van der Waals surface area contributed by atoms with Gasteiger partial charge in [0.25, 0.3) is 0 Å². The summed E-state index contributed by atoms with van der Waals surface area (Å²) in [7, 11) is 2.39. The van der Waals surface area contributed by atoms with Gasteiger partial charge in [-0.05, 0) is 36.6 Å². The highest BCUT2D eigenvalue weighted by Gasteiger charge is 2.40. The minimum absolute atomic E-state index is 0.179. The smallest absolute Gasteiger partial charge is 0.243 e. The molecule has 1 aliphatic heterocycles. The molecule has 0 spiro atoms. The first kappa shape index (κ1) is 15.3. The Morgan fingerprint density at radius 1 is 1.24 bits per heavy atom. The van der Waals surface area contributed by atoms with Crippen molar-refractivity contribution in [2.45, 2.75) is 36.1 Å². The van der Waals surface area contributed by atoms with Crippen LogP contribution in [0.4, 0.5) is 0 Å². The molecule has 21 heavy (non-hydrogen) atoms. The van der Waals surface area contributed by atoms with Crippen LogP contribution in [-0.2, 0) is 14.8 Å². The molecule has 1 aliphatic carbocycles. The fraction of sp³-hybridized carbons (Fsp3) is 0.571. The summed E-state index contributed by atoms with van der Waals surface area (Å²) in [6.07, 6.45) is 3.15. The van der Waals surface area contributed by atoms with E-state index in [1.165, 1.54) is 29.3 Å². The van der Waals surface area contributed by atoms with Crippen LogP contribution in [-0.4, -0.2) is 45.8 Å². The second-order valence-electron chi connectivity index (χ2n) is 5.73. The van der Waals surface area contributed by atoms with Crippen molar-refractivity contribution in [1.29, 1.82) is 0 Å². The van der Waals surface area contributed by atoms with Crippen molar-refractivity contribution < 1.29 is 13.2 Å². The van der Waals surface area contributed by atoms with E-state index in [2.05, 4.69) is 0 Å². The Kier molecular flexibility index (Phi) is 4.32. The van der Waals surface area contributed by atoms with Crippen molar-refractivity contribution in [3.63, 3.8) is 0 Å². The van der Waals surface area contributed by atoms with Crippen LogP contribution >= 0.6 is 11.6 Å². The monoisotopic (exact) mass is 325 g/mol. The van der Waals surface area contributed by atoms with Gasteiger partial charge in [-0.2, -0.15) is 4.31 Å². The predicted molar refractivity (Wildman–Crippen MR) is 82.0 cm³/mol. The SMILES string of the molecule is [B]C1COC[C@@H](CC2CC2)N1S(=O)(=O)c1ccc(Cl)cc1. The largest absolute Gasteiger partial charge is 0.379 e. The maximum atomic E-state index is 12.9. The number of hydrogen-bond acceptors (Lipinski definition) is 3. The molecule has 0 bridgehead atoms. The molecule has 2 radical (unpaired) electrons. The second kappa shape index (κ2) is 5.91. The van der Waals surface area contributed by atoms with E-state index in [9.17, 15) is 8.42 Å². The number of benzene rings is 1. The van der Waals surface area contributed by atoms with E-state index < -0.39 is 16.0 Å². The zero-order valence-electron chi connectivity index (χ0n) is 11.6. The average Bonchev–Trinajstić information content (AvgIpc) is 3.23. The minimum atomic E-state index is -3.63. The second-order valence-corrected chi connectivity index (χ2v) is 8.01. The first-order valence-corrected chi connectivity index (χ1v) is 8.92. The lowest BCUT2D eigenvalue weighted by atomic mass is 9.94. The molecule has 7 heteroatoms. The fourth-order valence-corrected chi connectivity index (χ4v) is 4.56. The van der Waals surface area contributed by atoms with E-state index >= 15 is 0 Å². The van der Waals surface area contributed by atoms with Crippen LogP contribution in [0.5, 0.6) is 0 Å². The van der Waals surface area contributed by atoms with Gasteiger partial charge in [0.2, 0.25) is 10.0 Å². The van der Waals surface area contributed by atoms with Gasteiger partial charge in [0, 0.05) is 17.0 Å². The number of rotatable bonds is 4. The Labute approximate surface area is 131 Å². The summed E-state index contributed by atoms with van der Waals surface area (Å²) in [5.41, 5.74) is 0. The number of sulfonamides is 1. The van der Waals surface area contributed by atoms with Crippen LogP contribution < -0.4 is 0 Å². The number of ether oxygens (including phenoxy) is 1. The molecule has 0 amide bonds. The lowest BCUT2D eigenvalue weighted by Gasteiger charge is -2.39. The first-order chi connectivity index (χ1) is 9.98. The highest BCUT2D eigenvalue weighted by molar-refractivity contribution is 7.89. The lowest BCUT2D eigenvalue weighted by molar-refractivity contribution is 0.0143. The summed E-state index contributed by atoms with van der Waals surface area (Å²) in [5.74, 6) is -0.0324. The van der Waals surface area contributed by atoms with Gasteiger partial charge in [0.05, 0.1) is 26.0 Å². The Bertz CT molecular complexity index is 603. The van der Waals surface area contributed by atoms with Gasteiger partial charge in [0.15, 0.2) is 0 Å². The molecule has 0 N–H and O–H groups in total. The van der Waals surface area contributed by atoms with E-state index in [4.69, 9.17) is 24.2 Å². The third-order valence-corrected chi connectivity index (χ3v) is 6.22. The first-order valence-electron chi connectivity index (χ1n) is 7.11. The van der Waals surface area contributed by atoms with Crippen LogP contribution in [0.3, 0.4) is 0 Å². The normalized spacial score (nSPS) is 27.7. The summed E-state index contributed by atoms with van der Waals surface area (Å²) >= 11 is 5.83. The Morgan fingerprint density at radius 3 is 2.52 bits per heavy atom. The molecule has 2 aliphatic rings. The molecule has 2 fully saturated rings. The summed E-state index contributed by atoms with van der Waals surface area (Å²) in [5, 5.41) is 0.509. The molecule has 1 saturated carbocycles.